The standard InChI is InChI=1S/C19H22N4O/c1-13-2-4-14(5-3-13)17-12-20-19-11-10-18(22-23(17)19)21-15-6-8-16(24)9-7-15/h2-5,10-12,15-16,24H,6-9H2,1H3,(H,21,22). The molecule has 0 bridgehead atoms. The molecular weight excluding hydrogens is 300 g/mol. The molecule has 1 aliphatic carbocycles. The predicted octanol–water partition coefficient (Wildman–Crippen LogP) is 3.42. The molecule has 5 nitrogen and oxygen atoms in total. The van der Waals surface area contributed by atoms with E-state index in [0.717, 1.165) is 48.4 Å². The average molecular weight is 322 g/mol. The van der Waals surface area contributed by atoms with E-state index in [4.69, 9.17) is 5.10 Å². The van der Waals surface area contributed by atoms with Crippen LogP contribution in [0.2, 0.25) is 0 Å². The highest BCUT2D eigenvalue weighted by molar-refractivity contribution is 5.63. The minimum absolute atomic E-state index is 0.139. The fourth-order valence-electron chi connectivity index (χ4n) is 3.30. The third-order valence-corrected chi connectivity index (χ3v) is 4.76. The summed E-state index contributed by atoms with van der Waals surface area (Å²) in [4.78, 5) is 4.45. The highest BCUT2D eigenvalue weighted by Crippen LogP contribution is 2.24. The molecule has 2 N–H and O–H groups in total. The summed E-state index contributed by atoms with van der Waals surface area (Å²) in [7, 11) is 0. The number of nitrogens with zero attached hydrogens (tertiary/aromatic N) is 3. The van der Waals surface area contributed by atoms with Crippen molar-refractivity contribution in [3.05, 3.63) is 48.2 Å². The molecule has 0 radical (unpaired) electrons. The zero-order valence-electron chi connectivity index (χ0n) is 13.8. The Kier molecular flexibility index (Phi) is 3.94. The second-order valence-electron chi connectivity index (χ2n) is 6.65. The zero-order valence-corrected chi connectivity index (χ0v) is 13.8. The van der Waals surface area contributed by atoms with Crippen LogP contribution in [0.3, 0.4) is 0 Å². The van der Waals surface area contributed by atoms with Crippen molar-refractivity contribution in [2.45, 2.75) is 44.8 Å². The van der Waals surface area contributed by atoms with Crippen LogP contribution < -0.4 is 5.32 Å². The van der Waals surface area contributed by atoms with Gasteiger partial charge in [-0.15, -0.1) is 5.10 Å². The third kappa shape index (κ3) is 2.99. The highest BCUT2D eigenvalue weighted by Gasteiger charge is 2.19. The van der Waals surface area contributed by atoms with Crippen molar-refractivity contribution in [2.75, 3.05) is 5.32 Å². The average Bonchev–Trinajstić information content (AvgIpc) is 3.01. The molecule has 0 atom stereocenters. The van der Waals surface area contributed by atoms with Gasteiger partial charge in [0.2, 0.25) is 0 Å². The normalized spacial score (nSPS) is 21.1. The SMILES string of the molecule is Cc1ccc(-c2cnc3ccc(NC4CCC(O)CC4)nn23)cc1. The zero-order chi connectivity index (χ0) is 16.5. The van der Waals surface area contributed by atoms with Crippen LogP contribution in [0.1, 0.15) is 31.2 Å². The molecule has 2 aromatic heterocycles. The molecule has 124 valence electrons. The molecule has 2 heterocycles. The first-order valence-corrected chi connectivity index (χ1v) is 8.55. The lowest BCUT2D eigenvalue weighted by Crippen LogP contribution is -2.28. The van der Waals surface area contributed by atoms with Gasteiger partial charge in [-0.05, 0) is 44.7 Å². The Labute approximate surface area is 141 Å². The first-order valence-electron chi connectivity index (χ1n) is 8.55. The Morgan fingerprint density at radius 3 is 2.54 bits per heavy atom. The number of aliphatic hydroxyl groups is 1. The largest absolute Gasteiger partial charge is 0.393 e. The fraction of sp³-hybridized carbons (Fsp3) is 0.368. The van der Waals surface area contributed by atoms with Gasteiger partial charge in [-0.25, -0.2) is 9.50 Å². The lowest BCUT2D eigenvalue weighted by Gasteiger charge is -2.26. The monoisotopic (exact) mass is 322 g/mol. The molecule has 3 aromatic rings. The molecule has 1 saturated carbocycles. The molecule has 1 aromatic carbocycles. The number of imidazole rings is 1. The summed E-state index contributed by atoms with van der Waals surface area (Å²) >= 11 is 0. The lowest BCUT2D eigenvalue weighted by atomic mass is 9.93. The third-order valence-electron chi connectivity index (χ3n) is 4.76. The number of nitrogens with one attached hydrogen (secondary N) is 1. The number of anilines is 1. The smallest absolute Gasteiger partial charge is 0.154 e. The number of benzene rings is 1. The molecule has 0 saturated heterocycles. The van der Waals surface area contributed by atoms with Gasteiger partial charge in [-0.1, -0.05) is 29.8 Å². The first kappa shape index (κ1) is 15.1. The van der Waals surface area contributed by atoms with E-state index in [1.165, 1.54) is 5.56 Å². The molecule has 1 fully saturated rings. The van der Waals surface area contributed by atoms with Gasteiger partial charge in [0, 0.05) is 11.6 Å². The minimum atomic E-state index is -0.139. The van der Waals surface area contributed by atoms with E-state index >= 15 is 0 Å². The van der Waals surface area contributed by atoms with Crippen LogP contribution in [0.5, 0.6) is 0 Å². The number of fused-ring (bicyclic) bond motifs is 1. The van der Waals surface area contributed by atoms with Crippen LogP contribution in [0, 0.1) is 6.92 Å². The summed E-state index contributed by atoms with van der Waals surface area (Å²) in [6, 6.07) is 12.8. The van der Waals surface area contributed by atoms with Crippen molar-refractivity contribution >= 4 is 11.5 Å². The van der Waals surface area contributed by atoms with Crippen molar-refractivity contribution in [3.8, 4) is 11.3 Å². The quantitative estimate of drug-likeness (QED) is 0.775. The van der Waals surface area contributed by atoms with E-state index in [1.54, 1.807) is 0 Å². The Morgan fingerprint density at radius 1 is 1.04 bits per heavy atom. The topological polar surface area (TPSA) is 62.5 Å². The van der Waals surface area contributed by atoms with Gasteiger partial charge in [0.1, 0.15) is 5.82 Å². The second kappa shape index (κ2) is 6.24. The van der Waals surface area contributed by atoms with Crippen molar-refractivity contribution in [1.82, 2.24) is 14.6 Å². The Morgan fingerprint density at radius 2 is 1.79 bits per heavy atom. The van der Waals surface area contributed by atoms with Crippen molar-refractivity contribution < 1.29 is 5.11 Å². The second-order valence-corrected chi connectivity index (χ2v) is 6.65. The summed E-state index contributed by atoms with van der Waals surface area (Å²) in [6.07, 6.45) is 5.42. The minimum Gasteiger partial charge on any atom is -0.393 e. The molecule has 0 amide bonds. The molecule has 0 spiro atoms. The molecule has 24 heavy (non-hydrogen) atoms. The van der Waals surface area contributed by atoms with Gasteiger partial charge in [-0.2, -0.15) is 0 Å². The summed E-state index contributed by atoms with van der Waals surface area (Å²) < 4.78 is 1.89. The van der Waals surface area contributed by atoms with Gasteiger partial charge in [-0.3, -0.25) is 0 Å². The fourth-order valence-corrected chi connectivity index (χ4v) is 3.30. The molecule has 0 aliphatic heterocycles. The number of aryl methyl sites for hydroxylation is 1. The van der Waals surface area contributed by atoms with Crippen molar-refractivity contribution in [3.63, 3.8) is 0 Å². The summed E-state index contributed by atoms with van der Waals surface area (Å²) in [5.41, 5.74) is 4.18. The maximum atomic E-state index is 9.63. The van der Waals surface area contributed by atoms with Crippen molar-refractivity contribution in [1.29, 1.82) is 0 Å². The summed E-state index contributed by atoms with van der Waals surface area (Å²) in [5, 5.41) is 17.9. The Hall–Kier alpha value is -2.40. The van der Waals surface area contributed by atoms with Gasteiger partial charge < -0.3 is 10.4 Å². The summed E-state index contributed by atoms with van der Waals surface area (Å²) in [6.45, 7) is 2.08. The van der Waals surface area contributed by atoms with Crippen LogP contribution in [0.25, 0.3) is 16.9 Å². The number of rotatable bonds is 3. The maximum Gasteiger partial charge on any atom is 0.154 e. The molecule has 0 unspecified atom stereocenters. The number of aromatic nitrogens is 3. The first-order chi connectivity index (χ1) is 11.7. The number of hydrogen-bond acceptors (Lipinski definition) is 4. The number of hydrogen-bond donors (Lipinski definition) is 2. The molecular formula is C19H22N4O. The van der Waals surface area contributed by atoms with Crippen molar-refractivity contribution in [2.24, 2.45) is 0 Å². The van der Waals surface area contributed by atoms with E-state index in [2.05, 4.69) is 41.5 Å². The molecule has 4 rings (SSSR count). The van der Waals surface area contributed by atoms with Crippen LogP contribution in [0.15, 0.2) is 42.6 Å². The van der Waals surface area contributed by atoms with E-state index in [9.17, 15) is 5.11 Å². The Balaban J connectivity index is 1.62. The lowest BCUT2D eigenvalue weighted by molar-refractivity contribution is 0.126. The number of aliphatic hydroxyl groups excluding tert-OH is 1. The van der Waals surface area contributed by atoms with Gasteiger partial charge in [0.15, 0.2) is 5.65 Å². The van der Waals surface area contributed by atoms with E-state index in [1.807, 2.05) is 22.8 Å². The maximum absolute atomic E-state index is 9.63. The molecule has 5 heteroatoms. The molecule has 1 aliphatic rings. The van der Waals surface area contributed by atoms with Crippen LogP contribution >= 0.6 is 0 Å². The van der Waals surface area contributed by atoms with Gasteiger partial charge in [0.05, 0.1) is 18.0 Å². The van der Waals surface area contributed by atoms with E-state index in [-0.39, 0.29) is 6.10 Å². The summed E-state index contributed by atoms with van der Waals surface area (Å²) in [5.74, 6) is 0.857. The van der Waals surface area contributed by atoms with Gasteiger partial charge in [0.25, 0.3) is 0 Å². The van der Waals surface area contributed by atoms with E-state index in [0.29, 0.717) is 6.04 Å². The van der Waals surface area contributed by atoms with Gasteiger partial charge >= 0.3 is 0 Å². The van der Waals surface area contributed by atoms with E-state index < -0.39 is 0 Å². The van der Waals surface area contributed by atoms with Crippen LogP contribution in [0.4, 0.5) is 5.82 Å². The van der Waals surface area contributed by atoms with Crippen LogP contribution in [-0.4, -0.2) is 31.9 Å². The predicted molar refractivity (Wildman–Crippen MR) is 95.0 cm³/mol. The Bertz CT molecular complexity index is 832. The van der Waals surface area contributed by atoms with Crippen LogP contribution in [-0.2, 0) is 0 Å². The highest BCUT2D eigenvalue weighted by atomic mass is 16.3.